The Morgan fingerprint density at radius 2 is 1.87 bits per heavy atom. The summed E-state index contributed by atoms with van der Waals surface area (Å²) in [4.78, 5) is 12.9. The number of thiophene rings is 1. The van der Waals surface area contributed by atoms with E-state index < -0.39 is 0 Å². The van der Waals surface area contributed by atoms with Crippen LogP contribution >= 0.6 is 11.3 Å². The number of nitrogens with zero attached hydrogens (tertiary/aromatic N) is 3. The maximum atomic E-state index is 13.6. The van der Waals surface area contributed by atoms with Crippen LogP contribution in [0.5, 0.6) is 0 Å². The van der Waals surface area contributed by atoms with Crippen molar-refractivity contribution in [3.05, 3.63) is 78.3 Å². The predicted molar refractivity (Wildman–Crippen MR) is 118 cm³/mol. The van der Waals surface area contributed by atoms with Crippen molar-refractivity contribution in [1.82, 2.24) is 25.1 Å². The molecular formula is C23H14FN5S. The molecule has 7 heteroatoms. The molecule has 30 heavy (non-hydrogen) atoms. The first-order chi connectivity index (χ1) is 14.8. The summed E-state index contributed by atoms with van der Waals surface area (Å²) in [6.07, 6.45) is 5.09. The first kappa shape index (κ1) is 17.1. The minimum atomic E-state index is -0.187. The molecule has 4 heterocycles. The quantitative estimate of drug-likeness (QED) is 0.373. The molecule has 5 nitrogen and oxygen atoms in total. The number of rotatable bonds is 3. The molecule has 0 aliphatic rings. The predicted octanol–water partition coefficient (Wildman–Crippen LogP) is 6.04. The minimum Gasteiger partial charge on any atom is -0.353 e. The molecule has 0 spiro atoms. The van der Waals surface area contributed by atoms with Crippen molar-refractivity contribution in [2.24, 2.45) is 0 Å². The summed E-state index contributed by atoms with van der Waals surface area (Å²) >= 11 is 1.15. The van der Waals surface area contributed by atoms with Crippen molar-refractivity contribution in [3.8, 4) is 33.1 Å². The highest BCUT2D eigenvalue weighted by Gasteiger charge is 2.15. The van der Waals surface area contributed by atoms with Crippen molar-refractivity contribution in [1.29, 1.82) is 0 Å². The minimum absolute atomic E-state index is 0.187. The molecule has 0 aliphatic heterocycles. The molecule has 0 aliphatic carbocycles. The number of hydrogen-bond donors (Lipinski definition) is 2. The van der Waals surface area contributed by atoms with Gasteiger partial charge in [-0.15, -0.1) is 11.3 Å². The molecule has 4 aromatic heterocycles. The third-order valence-electron chi connectivity index (χ3n) is 5.18. The van der Waals surface area contributed by atoms with Crippen LogP contribution in [0.2, 0.25) is 0 Å². The summed E-state index contributed by atoms with van der Waals surface area (Å²) in [6, 6.07) is 17.5. The molecule has 0 amide bonds. The van der Waals surface area contributed by atoms with Crippen LogP contribution in [-0.4, -0.2) is 25.1 Å². The van der Waals surface area contributed by atoms with Gasteiger partial charge in [-0.05, 0) is 36.4 Å². The molecular weight excluding hydrogens is 397 g/mol. The van der Waals surface area contributed by atoms with Gasteiger partial charge in [0.25, 0.3) is 0 Å². The van der Waals surface area contributed by atoms with Gasteiger partial charge in [-0.2, -0.15) is 9.49 Å². The Morgan fingerprint density at radius 3 is 2.70 bits per heavy atom. The number of hydrogen-bond acceptors (Lipinski definition) is 4. The average molecular weight is 411 g/mol. The third-order valence-corrected chi connectivity index (χ3v) is 6.09. The van der Waals surface area contributed by atoms with Gasteiger partial charge in [-0.25, -0.2) is 0 Å². The molecule has 144 valence electrons. The van der Waals surface area contributed by atoms with E-state index in [1.165, 1.54) is 6.07 Å². The van der Waals surface area contributed by atoms with Crippen molar-refractivity contribution in [2.45, 2.75) is 0 Å². The van der Waals surface area contributed by atoms with Crippen LogP contribution in [0.15, 0.2) is 73.2 Å². The lowest BCUT2D eigenvalue weighted by atomic mass is 10.1. The summed E-state index contributed by atoms with van der Waals surface area (Å²) in [7, 11) is 0. The van der Waals surface area contributed by atoms with Crippen LogP contribution in [0.1, 0.15) is 0 Å². The lowest BCUT2D eigenvalue weighted by Crippen LogP contribution is -1.84. The molecule has 2 aromatic carbocycles. The van der Waals surface area contributed by atoms with Gasteiger partial charge in [0, 0.05) is 44.7 Å². The summed E-state index contributed by atoms with van der Waals surface area (Å²) < 4.78 is 13.6. The Balaban J connectivity index is 1.52. The number of H-pyrrole nitrogens is 2. The highest BCUT2D eigenvalue weighted by atomic mass is 32.1. The molecule has 0 radical (unpaired) electrons. The Bertz CT molecular complexity index is 1510. The van der Waals surface area contributed by atoms with Crippen LogP contribution < -0.4 is 0 Å². The molecule has 6 rings (SSSR count). The monoisotopic (exact) mass is 411 g/mol. The lowest BCUT2D eigenvalue weighted by molar-refractivity contribution is 0.657. The SMILES string of the molecule is Fc1ccc(-c2cccc3[nH]c(-c4n[nH]c5ccc(-c6cnccn6)cc45)cc23)s1. The standard InChI is InChI=1S/C23H14FN5S/c24-22-7-6-21(30-22)14-2-1-3-17-15(14)11-19(27-17)23-16-10-13(4-5-18(16)28-29-23)20-12-25-8-9-26-20/h1-12,27H,(H,28,29). The van der Waals surface area contributed by atoms with Crippen molar-refractivity contribution < 1.29 is 4.39 Å². The van der Waals surface area contributed by atoms with Gasteiger partial charge in [0.1, 0.15) is 5.69 Å². The molecule has 0 bridgehead atoms. The summed E-state index contributed by atoms with van der Waals surface area (Å²) in [5.41, 5.74) is 6.44. The number of fused-ring (bicyclic) bond motifs is 2. The first-order valence-corrected chi connectivity index (χ1v) is 10.2. The molecule has 0 unspecified atom stereocenters. The Kier molecular flexibility index (Phi) is 3.75. The molecule has 0 saturated carbocycles. The van der Waals surface area contributed by atoms with E-state index in [4.69, 9.17) is 0 Å². The van der Waals surface area contributed by atoms with E-state index in [2.05, 4.69) is 37.3 Å². The molecule has 0 saturated heterocycles. The van der Waals surface area contributed by atoms with Crippen molar-refractivity contribution in [3.63, 3.8) is 0 Å². The van der Waals surface area contributed by atoms with E-state index in [0.29, 0.717) is 0 Å². The van der Waals surface area contributed by atoms with Gasteiger partial charge in [-0.3, -0.25) is 15.1 Å². The van der Waals surface area contributed by atoms with Gasteiger partial charge >= 0.3 is 0 Å². The topological polar surface area (TPSA) is 70.2 Å². The lowest BCUT2D eigenvalue weighted by Gasteiger charge is -2.00. The fraction of sp³-hybridized carbons (Fsp3) is 0. The van der Waals surface area contributed by atoms with Crippen LogP contribution in [0.25, 0.3) is 54.9 Å². The van der Waals surface area contributed by atoms with Crippen LogP contribution in [-0.2, 0) is 0 Å². The van der Waals surface area contributed by atoms with E-state index in [1.54, 1.807) is 18.6 Å². The summed E-state index contributed by atoms with van der Waals surface area (Å²) in [6.45, 7) is 0. The maximum absolute atomic E-state index is 13.6. The van der Waals surface area contributed by atoms with Crippen LogP contribution in [0, 0.1) is 5.13 Å². The van der Waals surface area contributed by atoms with Gasteiger partial charge in [0.15, 0.2) is 5.13 Å². The maximum Gasteiger partial charge on any atom is 0.176 e. The molecule has 0 atom stereocenters. The second-order valence-corrected chi connectivity index (χ2v) is 8.01. The number of aromatic nitrogens is 5. The van der Waals surface area contributed by atoms with Crippen LogP contribution in [0.3, 0.4) is 0 Å². The smallest absolute Gasteiger partial charge is 0.176 e. The van der Waals surface area contributed by atoms with Gasteiger partial charge in [0.2, 0.25) is 0 Å². The fourth-order valence-corrected chi connectivity index (χ4v) is 4.55. The largest absolute Gasteiger partial charge is 0.353 e. The number of benzene rings is 2. The van der Waals surface area contributed by atoms with E-state index in [-0.39, 0.29) is 5.13 Å². The average Bonchev–Trinajstić information content (AvgIpc) is 3.51. The third kappa shape index (κ3) is 2.71. The Morgan fingerprint density at radius 1 is 0.900 bits per heavy atom. The first-order valence-electron chi connectivity index (χ1n) is 9.38. The molecule has 2 N–H and O–H groups in total. The highest BCUT2D eigenvalue weighted by Crippen LogP contribution is 2.37. The fourth-order valence-electron chi connectivity index (χ4n) is 3.78. The van der Waals surface area contributed by atoms with Gasteiger partial charge in [-0.1, -0.05) is 18.2 Å². The number of aromatic amines is 2. The zero-order chi connectivity index (χ0) is 20.1. The zero-order valence-electron chi connectivity index (χ0n) is 15.6. The Labute approximate surface area is 174 Å². The number of nitrogens with one attached hydrogen (secondary N) is 2. The second kappa shape index (κ2) is 6.60. The molecule has 0 fully saturated rings. The van der Waals surface area contributed by atoms with E-state index in [9.17, 15) is 4.39 Å². The highest BCUT2D eigenvalue weighted by molar-refractivity contribution is 7.14. The summed E-state index contributed by atoms with van der Waals surface area (Å²) in [5.74, 6) is 0. The van der Waals surface area contributed by atoms with E-state index >= 15 is 0 Å². The summed E-state index contributed by atoms with van der Waals surface area (Å²) in [5, 5.41) is 9.50. The van der Waals surface area contributed by atoms with Crippen LogP contribution in [0.4, 0.5) is 4.39 Å². The number of halogens is 1. The van der Waals surface area contributed by atoms with E-state index in [0.717, 1.165) is 66.2 Å². The van der Waals surface area contributed by atoms with Gasteiger partial charge in [0.05, 0.1) is 23.1 Å². The van der Waals surface area contributed by atoms with Crippen molar-refractivity contribution in [2.75, 3.05) is 0 Å². The normalized spacial score (nSPS) is 11.5. The zero-order valence-corrected chi connectivity index (χ0v) is 16.4. The Hall–Kier alpha value is -3.84. The van der Waals surface area contributed by atoms with Crippen molar-refractivity contribution >= 4 is 33.1 Å². The van der Waals surface area contributed by atoms with E-state index in [1.807, 2.05) is 36.4 Å². The molecule has 6 aromatic rings. The second-order valence-electron chi connectivity index (χ2n) is 6.98. The van der Waals surface area contributed by atoms with Gasteiger partial charge < -0.3 is 4.98 Å².